The SMILES string of the molecule is Nc1cnc(COCCc2cccs2)cn1. The molecule has 0 fully saturated rings. The molecule has 0 aliphatic rings. The molecule has 0 aromatic carbocycles. The Labute approximate surface area is 98.1 Å². The van der Waals surface area contributed by atoms with Crippen molar-refractivity contribution in [3.8, 4) is 0 Å². The number of nitrogen functional groups attached to an aromatic ring is 1. The van der Waals surface area contributed by atoms with Crippen LogP contribution in [-0.4, -0.2) is 16.6 Å². The van der Waals surface area contributed by atoms with Crippen molar-refractivity contribution in [2.45, 2.75) is 13.0 Å². The monoisotopic (exact) mass is 235 g/mol. The van der Waals surface area contributed by atoms with Crippen LogP contribution in [0.5, 0.6) is 0 Å². The van der Waals surface area contributed by atoms with Crippen LogP contribution >= 0.6 is 11.3 Å². The molecule has 0 amide bonds. The lowest BCUT2D eigenvalue weighted by molar-refractivity contribution is 0.121. The van der Waals surface area contributed by atoms with Gasteiger partial charge in [0.25, 0.3) is 0 Å². The highest BCUT2D eigenvalue weighted by Crippen LogP contribution is 2.09. The second-order valence-electron chi connectivity index (χ2n) is 3.31. The number of nitrogens with two attached hydrogens (primary N) is 1. The van der Waals surface area contributed by atoms with Gasteiger partial charge in [-0.1, -0.05) is 6.07 Å². The number of nitrogens with zero attached hydrogens (tertiary/aromatic N) is 2. The molecule has 0 aliphatic carbocycles. The van der Waals surface area contributed by atoms with Gasteiger partial charge in [-0.05, 0) is 11.4 Å². The summed E-state index contributed by atoms with van der Waals surface area (Å²) >= 11 is 1.75. The van der Waals surface area contributed by atoms with E-state index in [1.807, 2.05) is 6.07 Å². The fourth-order valence-corrected chi connectivity index (χ4v) is 1.93. The number of aromatic nitrogens is 2. The predicted molar refractivity (Wildman–Crippen MR) is 64.1 cm³/mol. The van der Waals surface area contributed by atoms with E-state index in [1.54, 1.807) is 17.5 Å². The van der Waals surface area contributed by atoms with Crippen molar-refractivity contribution in [1.29, 1.82) is 0 Å². The van der Waals surface area contributed by atoms with Crippen molar-refractivity contribution in [3.63, 3.8) is 0 Å². The van der Waals surface area contributed by atoms with E-state index in [0.29, 0.717) is 19.0 Å². The summed E-state index contributed by atoms with van der Waals surface area (Å²) in [6.45, 7) is 1.19. The largest absolute Gasteiger partial charge is 0.382 e. The maximum Gasteiger partial charge on any atom is 0.141 e. The predicted octanol–water partition coefficient (Wildman–Crippen LogP) is 1.88. The quantitative estimate of drug-likeness (QED) is 0.804. The zero-order chi connectivity index (χ0) is 11.2. The van der Waals surface area contributed by atoms with Crippen LogP contribution in [0.2, 0.25) is 0 Å². The van der Waals surface area contributed by atoms with Gasteiger partial charge in [-0.2, -0.15) is 0 Å². The second-order valence-corrected chi connectivity index (χ2v) is 4.35. The van der Waals surface area contributed by atoms with Crippen LogP contribution in [-0.2, 0) is 17.8 Å². The first-order valence-electron chi connectivity index (χ1n) is 5.01. The molecule has 0 radical (unpaired) electrons. The zero-order valence-corrected chi connectivity index (χ0v) is 9.61. The number of ether oxygens (including phenoxy) is 1. The molecule has 2 heterocycles. The van der Waals surface area contributed by atoms with E-state index in [0.717, 1.165) is 12.1 Å². The van der Waals surface area contributed by atoms with Crippen LogP contribution in [0.3, 0.4) is 0 Å². The number of anilines is 1. The highest BCUT2D eigenvalue weighted by Gasteiger charge is 1.97. The number of rotatable bonds is 5. The van der Waals surface area contributed by atoms with Gasteiger partial charge >= 0.3 is 0 Å². The summed E-state index contributed by atoms with van der Waals surface area (Å²) in [5, 5.41) is 2.07. The van der Waals surface area contributed by atoms with Gasteiger partial charge in [-0.3, -0.25) is 4.98 Å². The van der Waals surface area contributed by atoms with Gasteiger partial charge in [0.05, 0.1) is 31.3 Å². The fraction of sp³-hybridized carbons (Fsp3) is 0.273. The lowest BCUT2D eigenvalue weighted by Crippen LogP contribution is -2.01. The van der Waals surface area contributed by atoms with Gasteiger partial charge in [0.1, 0.15) is 5.82 Å². The van der Waals surface area contributed by atoms with Crippen molar-refractivity contribution in [3.05, 3.63) is 40.5 Å². The minimum absolute atomic E-state index is 0.433. The summed E-state index contributed by atoms with van der Waals surface area (Å²) in [6.07, 6.45) is 4.12. The third-order valence-corrected chi connectivity index (χ3v) is 2.98. The maximum atomic E-state index is 5.50. The lowest BCUT2D eigenvalue weighted by Gasteiger charge is -2.02. The van der Waals surface area contributed by atoms with Crippen LogP contribution < -0.4 is 5.73 Å². The van der Waals surface area contributed by atoms with E-state index in [1.165, 1.54) is 11.1 Å². The molecule has 0 unspecified atom stereocenters. The van der Waals surface area contributed by atoms with Crippen LogP contribution in [0, 0.1) is 0 Å². The molecular weight excluding hydrogens is 222 g/mol. The number of hydrogen-bond acceptors (Lipinski definition) is 5. The van der Waals surface area contributed by atoms with Crippen LogP contribution in [0.15, 0.2) is 29.9 Å². The Kier molecular flexibility index (Phi) is 3.85. The second kappa shape index (κ2) is 5.58. The van der Waals surface area contributed by atoms with Crippen LogP contribution in [0.25, 0.3) is 0 Å². The molecule has 0 atom stereocenters. The lowest BCUT2D eigenvalue weighted by atomic mass is 10.4. The first-order chi connectivity index (χ1) is 7.84. The summed E-state index contributed by atoms with van der Waals surface area (Å²) in [7, 11) is 0. The Morgan fingerprint density at radius 1 is 1.31 bits per heavy atom. The Balaban J connectivity index is 1.70. The average molecular weight is 235 g/mol. The van der Waals surface area contributed by atoms with Crippen molar-refractivity contribution < 1.29 is 4.74 Å². The van der Waals surface area contributed by atoms with Gasteiger partial charge in [0.15, 0.2) is 0 Å². The van der Waals surface area contributed by atoms with Crippen LogP contribution in [0.4, 0.5) is 5.82 Å². The number of thiophene rings is 1. The first-order valence-corrected chi connectivity index (χ1v) is 5.89. The molecule has 0 spiro atoms. The molecule has 2 rings (SSSR count). The average Bonchev–Trinajstić information content (AvgIpc) is 2.80. The molecule has 0 saturated heterocycles. The van der Waals surface area contributed by atoms with Crippen molar-refractivity contribution in [2.24, 2.45) is 0 Å². The highest BCUT2D eigenvalue weighted by atomic mass is 32.1. The van der Waals surface area contributed by atoms with E-state index in [4.69, 9.17) is 10.5 Å². The standard InChI is InChI=1S/C11H13N3OS/c12-11-7-13-9(6-14-11)8-15-4-3-10-2-1-5-16-10/h1-2,5-7H,3-4,8H2,(H2,12,14). The molecule has 0 saturated carbocycles. The third kappa shape index (κ3) is 3.29. The molecule has 2 aromatic rings. The van der Waals surface area contributed by atoms with Gasteiger partial charge < -0.3 is 10.5 Å². The highest BCUT2D eigenvalue weighted by molar-refractivity contribution is 7.09. The Hall–Kier alpha value is -1.46. The molecule has 5 heteroatoms. The molecule has 84 valence electrons. The summed E-state index contributed by atoms with van der Waals surface area (Å²) in [5.74, 6) is 0.433. The van der Waals surface area contributed by atoms with Crippen molar-refractivity contribution in [1.82, 2.24) is 9.97 Å². The molecule has 16 heavy (non-hydrogen) atoms. The van der Waals surface area contributed by atoms with E-state index >= 15 is 0 Å². The summed E-state index contributed by atoms with van der Waals surface area (Å²) in [5.41, 5.74) is 6.24. The Bertz CT molecular complexity index is 413. The van der Waals surface area contributed by atoms with Gasteiger partial charge in [-0.15, -0.1) is 11.3 Å². The van der Waals surface area contributed by atoms with E-state index in [2.05, 4.69) is 21.4 Å². The normalized spacial score (nSPS) is 10.5. The third-order valence-electron chi connectivity index (χ3n) is 2.05. The van der Waals surface area contributed by atoms with Crippen molar-refractivity contribution >= 4 is 17.2 Å². The summed E-state index contributed by atoms with van der Waals surface area (Å²) in [4.78, 5) is 9.38. The van der Waals surface area contributed by atoms with Crippen molar-refractivity contribution in [2.75, 3.05) is 12.3 Å². The Morgan fingerprint density at radius 2 is 2.25 bits per heavy atom. The molecule has 2 N–H and O–H groups in total. The summed E-state index contributed by atoms with van der Waals surface area (Å²) in [6, 6.07) is 4.16. The Morgan fingerprint density at radius 3 is 2.94 bits per heavy atom. The maximum absolute atomic E-state index is 5.50. The molecule has 0 bridgehead atoms. The summed E-state index contributed by atoms with van der Waals surface area (Å²) < 4.78 is 5.50. The minimum Gasteiger partial charge on any atom is -0.382 e. The molecule has 4 nitrogen and oxygen atoms in total. The molecule has 2 aromatic heterocycles. The van der Waals surface area contributed by atoms with Gasteiger partial charge in [0.2, 0.25) is 0 Å². The van der Waals surface area contributed by atoms with E-state index in [-0.39, 0.29) is 0 Å². The zero-order valence-electron chi connectivity index (χ0n) is 8.80. The first kappa shape index (κ1) is 11.0. The number of hydrogen-bond donors (Lipinski definition) is 1. The topological polar surface area (TPSA) is 61.0 Å². The van der Waals surface area contributed by atoms with Crippen LogP contribution in [0.1, 0.15) is 10.6 Å². The van der Waals surface area contributed by atoms with Gasteiger partial charge in [-0.25, -0.2) is 4.98 Å². The van der Waals surface area contributed by atoms with E-state index < -0.39 is 0 Å². The fourth-order valence-electron chi connectivity index (χ4n) is 1.24. The smallest absolute Gasteiger partial charge is 0.141 e. The minimum atomic E-state index is 0.433. The molecular formula is C11H13N3OS. The van der Waals surface area contributed by atoms with E-state index in [9.17, 15) is 0 Å². The molecule has 0 aliphatic heterocycles. The van der Waals surface area contributed by atoms with Gasteiger partial charge in [0, 0.05) is 11.3 Å².